The summed E-state index contributed by atoms with van der Waals surface area (Å²) in [5.74, 6) is 0. The minimum absolute atomic E-state index is 0.153. The molecule has 1 fully saturated rings. The molecule has 1 saturated heterocycles. The van der Waals surface area contributed by atoms with Gasteiger partial charge >= 0.3 is 0 Å². The summed E-state index contributed by atoms with van der Waals surface area (Å²) in [5.41, 5.74) is 0. The Hall–Kier alpha value is -0.0300. The SMILES string of the molecule is CC(C)(C)[S+]([O-])N1CCC[C@@H]1c1cccs1. The zero-order chi connectivity index (χ0) is 11.8. The zero-order valence-electron chi connectivity index (χ0n) is 10.1. The minimum atomic E-state index is -0.887. The third-order valence-electron chi connectivity index (χ3n) is 2.81. The second-order valence-corrected chi connectivity index (χ2v) is 8.35. The van der Waals surface area contributed by atoms with Crippen molar-refractivity contribution in [3.63, 3.8) is 0 Å². The third-order valence-corrected chi connectivity index (χ3v) is 5.70. The fourth-order valence-electron chi connectivity index (χ4n) is 2.06. The zero-order valence-corrected chi connectivity index (χ0v) is 11.7. The molecular formula is C12H19NOS2. The van der Waals surface area contributed by atoms with Crippen molar-refractivity contribution in [3.05, 3.63) is 22.4 Å². The van der Waals surface area contributed by atoms with Crippen LogP contribution in [-0.4, -0.2) is 20.1 Å². The summed E-state index contributed by atoms with van der Waals surface area (Å²) in [6.45, 7) is 7.11. The van der Waals surface area contributed by atoms with Crippen LogP contribution in [-0.2, 0) is 11.4 Å². The van der Waals surface area contributed by atoms with Crippen molar-refractivity contribution < 1.29 is 4.55 Å². The van der Waals surface area contributed by atoms with Gasteiger partial charge in [0.1, 0.15) is 4.75 Å². The molecule has 4 heteroatoms. The summed E-state index contributed by atoms with van der Waals surface area (Å²) in [7, 11) is 0. The van der Waals surface area contributed by atoms with E-state index in [-0.39, 0.29) is 4.75 Å². The van der Waals surface area contributed by atoms with Gasteiger partial charge in [0.2, 0.25) is 0 Å². The Balaban J connectivity index is 2.15. The van der Waals surface area contributed by atoms with Crippen molar-refractivity contribution in [1.29, 1.82) is 0 Å². The molecule has 0 aliphatic carbocycles. The summed E-state index contributed by atoms with van der Waals surface area (Å²) < 4.78 is 14.4. The van der Waals surface area contributed by atoms with Crippen LogP contribution in [0, 0.1) is 0 Å². The molecule has 0 bridgehead atoms. The molecule has 1 aliphatic heterocycles. The van der Waals surface area contributed by atoms with E-state index in [1.54, 1.807) is 11.3 Å². The monoisotopic (exact) mass is 257 g/mol. The van der Waals surface area contributed by atoms with Crippen molar-refractivity contribution in [2.45, 2.75) is 44.4 Å². The lowest BCUT2D eigenvalue weighted by Gasteiger charge is -2.33. The normalized spacial score (nSPS) is 24.9. The minimum Gasteiger partial charge on any atom is -0.597 e. The molecule has 1 aromatic heterocycles. The molecule has 0 N–H and O–H groups in total. The maximum atomic E-state index is 12.4. The van der Waals surface area contributed by atoms with E-state index >= 15 is 0 Å². The van der Waals surface area contributed by atoms with Gasteiger partial charge in [-0.2, -0.15) is 0 Å². The summed E-state index contributed by atoms with van der Waals surface area (Å²) >= 11 is 0.889. The third kappa shape index (κ3) is 2.45. The molecule has 0 spiro atoms. The lowest BCUT2D eigenvalue weighted by Crippen LogP contribution is -2.42. The first-order valence-corrected chi connectivity index (χ1v) is 7.71. The molecule has 0 saturated carbocycles. The van der Waals surface area contributed by atoms with E-state index in [0.717, 1.165) is 19.4 Å². The number of hydrogen-bond donors (Lipinski definition) is 0. The highest BCUT2D eigenvalue weighted by Gasteiger charge is 2.41. The van der Waals surface area contributed by atoms with E-state index in [1.807, 2.05) is 20.8 Å². The van der Waals surface area contributed by atoms with Crippen molar-refractivity contribution in [2.75, 3.05) is 6.54 Å². The molecule has 1 unspecified atom stereocenters. The average molecular weight is 257 g/mol. The Bertz CT molecular complexity index is 331. The van der Waals surface area contributed by atoms with Gasteiger partial charge in [-0.25, -0.2) is 0 Å². The van der Waals surface area contributed by atoms with Crippen LogP contribution in [0.15, 0.2) is 17.5 Å². The first kappa shape index (κ1) is 12.4. The van der Waals surface area contributed by atoms with Crippen LogP contribution in [0.5, 0.6) is 0 Å². The van der Waals surface area contributed by atoms with Crippen LogP contribution in [0.25, 0.3) is 0 Å². The highest BCUT2D eigenvalue weighted by Crippen LogP contribution is 2.39. The van der Waals surface area contributed by atoms with Crippen LogP contribution >= 0.6 is 11.3 Å². The lowest BCUT2D eigenvalue weighted by atomic mass is 10.2. The molecule has 90 valence electrons. The molecule has 2 atom stereocenters. The molecule has 2 nitrogen and oxygen atoms in total. The second kappa shape index (κ2) is 4.69. The number of rotatable bonds is 2. The lowest BCUT2D eigenvalue weighted by molar-refractivity contribution is 0.384. The molecule has 1 aromatic rings. The van der Waals surface area contributed by atoms with E-state index in [4.69, 9.17) is 0 Å². The van der Waals surface area contributed by atoms with Crippen molar-refractivity contribution in [1.82, 2.24) is 4.31 Å². The van der Waals surface area contributed by atoms with Crippen LogP contribution in [0.3, 0.4) is 0 Å². The van der Waals surface area contributed by atoms with Gasteiger partial charge in [0, 0.05) is 22.8 Å². The largest absolute Gasteiger partial charge is 0.597 e. The molecule has 2 rings (SSSR count). The predicted octanol–water partition coefficient (Wildman–Crippen LogP) is 3.35. The fraction of sp³-hybridized carbons (Fsp3) is 0.667. The number of thiophene rings is 1. The van der Waals surface area contributed by atoms with Gasteiger partial charge in [-0.15, -0.1) is 15.6 Å². The van der Waals surface area contributed by atoms with E-state index < -0.39 is 11.4 Å². The molecule has 2 heterocycles. The standard InChI is InChI=1S/C12H19NOS2/c1-12(2,3)16(14)13-8-4-6-10(13)11-7-5-9-15-11/h5,7,9-10H,4,6,8H2,1-3H3/t10-,16?/m1/s1. The molecule has 1 aliphatic rings. The maximum absolute atomic E-state index is 12.4. The highest BCUT2D eigenvalue weighted by atomic mass is 32.2. The summed E-state index contributed by atoms with van der Waals surface area (Å²) in [6, 6.07) is 4.62. The van der Waals surface area contributed by atoms with Crippen molar-refractivity contribution in [3.8, 4) is 0 Å². The quantitative estimate of drug-likeness (QED) is 0.760. The van der Waals surface area contributed by atoms with Gasteiger partial charge in [0.15, 0.2) is 0 Å². The van der Waals surface area contributed by atoms with E-state index in [9.17, 15) is 4.55 Å². The Kier molecular flexibility index (Phi) is 3.64. The summed E-state index contributed by atoms with van der Waals surface area (Å²) in [5, 5.41) is 2.10. The topological polar surface area (TPSA) is 26.3 Å². The smallest absolute Gasteiger partial charge is 0.137 e. The van der Waals surface area contributed by atoms with Crippen molar-refractivity contribution >= 4 is 22.7 Å². The van der Waals surface area contributed by atoms with Crippen LogP contribution < -0.4 is 0 Å². The Morgan fingerprint density at radius 1 is 1.50 bits per heavy atom. The number of nitrogens with zero attached hydrogens (tertiary/aromatic N) is 1. The Morgan fingerprint density at radius 3 is 2.81 bits per heavy atom. The van der Waals surface area contributed by atoms with E-state index in [2.05, 4.69) is 21.8 Å². The fourth-order valence-corrected chi connectivity index (χ4v) is 4.44. The average Bonchev–Trinajstić information content (AvgIpc) is 2.85. The Morgan fingerprint density at radius 2 is 2.25 bits per heavy atom. The van der Waals surface area contributed by atoms with E-state index in [1.165, 1.54) is 4.88 Å². The predicted molar refractivity (Wildman–Crippen MR) is 70.9 cm³/mol. The highest BCUT2D eigenvalue weighted by molar-refractivity contribution is 7.90. The molecule has 16 heavy (non-hydrogen) atoms. The summed E-state index contributed by atoms with van der Waals surface area (Å²) in [4.78, 5) is 1.36. The van der Waals surface area contributed by atoms with Gasteiger partial charge in [0.25, 0.3) is 0 Å². The molecular weight excluding hydrogens is 238 g/mol. The van der Waals surface area contributed by atoms with Gasteiger partial charge in [-0.05, 0) is 45.1 Å². The van der Waals surface area contributed by atoms with Gasteiger partial charge < -0.3 is 4.55 Å². The number of hydrogen-bond acceptors (Lipinski definition) is 3. The molecule has 0 amide bonds. The van der Waals surface area contributed by atoms with E-state index in [0.29, 0.717) is 6.04 Å². The van der Waals surface area contributed by atoms with Crippen LogP contribution in [0.4, 0.5) is 0 Å². The van der Waals surface area contributed by atoms with Gasteiger partial charge in [-0.3, -0.25) is 0 Å². The van der Waals surface area contributed by atoms with Gasteiger partial charge in [-0.1, -0.05) is 6.07 Å². The van der Waals surface area contributed by atoms with Crippen LogP contribution in [0.1, 0.15) is 44.5 Å². The van der Waals surface area contributed by atoms with Gasteiger partial charge in [0.05, 0.1) is 6.04 Å². The Labute approximate surface area is 105 Å². The summed E-state index contributed by atoms with van der Waals surface area (Å²) in [6.07, 6.45) is 2.30. The maximum Gasteiger partial charge on any atom is 0.137 e. The second-order valence-electron chi connectivity index (χ2n) is 5.18. The molecule has 0 radical (unpaired) electrons. The molecule has 0 aromatic carbocycles. The van der Waals surface area contributed by atoms with Crippen LogP contribution in [0.2, 0.25) is 0 Å². The first-order chi connectivity index (χ1) is 7.50. The first-order valence-electron chi connectivity index (χ1n) is 5.72. The van der Waals surface area contributed by atoms with Crippen molar-refractivity contribution in [2.24, 2.45) is 0 Å².